The number of ether oxygens (including phenoxy) is 1. The van der Waals surface area contributed by atoms with Gasteiger partial charge in [0.2, 0.25) is 5.91 Å². The molecule has 0 aliphatic rings. The monoisotopic (exact) mass is 488 g/mol. The van der Waals surface area contributed by atoms with E-state index in [1.165, 1.54) is 7.11 Å². The molecule has 33 heavy (non-hydrogen) atoms. The standard InChI is InChI=1S/C24H28N2O5S2/c1-19-6-12-23(13-7-19)33(28,29)26(20-8-10-21(30-2)11-9-20)17-24(27)25-14-4-16-32-18-22-5-3-15-31-22/h3,5-13,15H,4,14,16-18H2,1-2H3,(H,25,27). The van der Waals surface area contributed by atoms with Crippen molar-refractivity contribution in [3.8, 4) is 5.75 Å². The lowest BCUT2D eigenvalue weighted by molar-refractivity contribution is -0.119. The summed E-state index contributed by atoms with van der Waals surface area (Å²) >= 11 is 1.72. The predicted molar refractivity (Wildman–Crippen MR) is 131 cm³/mol. The van der Waals surface area contributed by atoms with Crippen molar-refractivity contribution < 1.29 is 22.4 Å². The molecule has 1 aromatic heterocycles. The van der Waals surface area contributed by atoms with Crippen molar-refractivity contribution in [2.75, 3.05) is 30.3 Å². The lowest BCUT2D eigenvalue weighted by Gasteiger charge is -2.24. The second-order valence-corrected chi connectivity index (χ2v) is 10.3. The molecule has 0 bridgehead atoms. The molecule has 0 spiro atoms. The molecule has 0 atom stereocenters. The molecule has 0 radical (unpaired) electrons. The number of aryl methyl sites for hydroxylation is 1. The van der Waals surface area contributed by atoms with Crippen LogP contribution in [0.15, 0.2) is 76.2 Å². The van der Waals surface area contributed by atoms with Crippen molar-refractivity contribution in [1.29, 1.82) is 0 Å². The molecule has 2 aromatic carbocycles. The van der Waals surface area contributed by atoms with E-state index in [1.54, 1.807) is 66.6 Å². The molecule has 1 amide bonds. The van der Waals surface area contributed by atoms with Gasteiger partial charge in [-0.1, -0.05) is 17.7 Å². The number of nitrogens with zero attached hydrogens (tertiary/aromatic N) is 1. The normalized spacial score (nSPS) is 11.2. The van der Waals surface area contributed by atoms with Gasteiger partial charge >= 0.3 is 0 Å². The van der Waals surface area contributed by atoms with E-state index in [2.05, 4.69) is 5.32 Å². The third-order valence-electron chi connectivity index (χ3n) is 4.87. The Labute approximate surface area is 199 Å². The van der Waals surface area contributed by atoms with E-state index in [1.807, 2.05) is 19.1 Å². The average Bonchev–Trinajstić information content (AvgIpc) is 3.33. The Hall–Kier alpha value is -2.91. The van der Waals surface area contributed by atoms with Crippen LogP contribution < -0.4 is 14.4 Å². The minimum atomic E-state index is -3.93. The Bertz CT molecular complexity index is 1110. The molecule has 3 aromatic rings. The van der Waals surface area contributed by atoms with Crippen LogP contribution in [0.3, 0.4) is 0 Å². The summed E-state index contributed by atoms with van der Waals surface area (Å²) in [6, 6.07) is 16.9. The van der Waals surface area contributed by atoms with Crippen LogP contribution in [0, 0.1) is 6.92 Å². The molecular formula is C24H28N2O5S2. The van der Waals surface area contributed by atoms with E-state index in [4.69, 9.17) is 9.15 Å². The van der Waals surface area contributed by atoms with Crippen LogP contribution in [0.5, 0.6) is 5.75 Å². The molecule has 0 saturated heterocycles. The molecule has 9 heteroatoms. The number of anilines is 1. The summed E-state index contributed by atoms with van der Waals surface area (Å²) in [5.74, 6) is 2.78. The van der Waals surface area contributed by atoms with Gasteiger partial charge in [-0.2, -0.15) is 11.8 Å². The van der Waals surface area contributed by atoms with Crippen LogP contribution in [0.1, 0.15) is 17.7 Å². The maximum atomic E-state index is 13.4. The zero-order valence-corrected chi connectivity index (χ0v) is 20.3. The Morgan fingerprint density at radius 2 is 1.82 bits per heavy atom. The van der Waals surface area contributed by atoms with Crippen molar-refractivity contribution >= 4 is 33.4 Å². The predicted octanol–water partition coefficient (Wildman–Crippen LogP) is 4.23. The zero-order valence-electron chi connectivity index (χ0n) is 18.7. The van der Waals surface area contributed by atoms with Crippen LogP contribution in [0.25, 0.3) is 0 Å². The number of amides is 1. The van der Waals surface area contributed by atoms with Crippen LogP contribution >= 0.6 is 11.8 Å². The topological polar surface area (TPSA) is 88.8 Å². The lowest BCUT2D eigenvalue weighted by atomic mass is 10.2. The summed E-state index contributed by atoms with van der Waals surface area (Å²) in [5.41, 5.74) is 1.34. The van der Waals surface area contributed by atoms with Crippen LogP contribution in [-0.4, -0.2) is 40.3 Å². The first kappa shape index (κ1) is 24.7. The van der Waals surface area contributed by atoms with Gasteiger partial charge in [-0.3, -0.25) is 9.10 Å². The summed E-state index contributed by atoms with van der Waals surface area (Å²) < 4.78 is 38.3. The minimum absolute atomic E-state index is 0.131. The number of hydrogen-bond donors (Lipinski definition) is 1. The van der Waals surface area contributed by atoms with Crippen LogP contribution in [-0.2, 0) is 20.6 Å². The van der Waals surface area contributed by atoms with Gasteiger partial charge in [-0.05, 0) is 67.6 Å². The van der Waals surface area contributed by atoms with Crippen molar-refractivity contribution in [3.63, 3.8) is 0 Å². The van der Waals surface area contributed by atoms with E-state index in [0.717, 1.165) is 33.6 Å². The highest BCUT2D eigenvalue weighted by atomic mass is 32.2. The van der Waals surface area contributed by atoms with E-state index in [-0.39, 0.29) is 17.3 Å². The molecule has 3 rings (SSSR count). The first-order chi connectivity index (χ1) is 15.9. The third kappa shape index (κ3) is 7.03. The summed E-state index contributed by atoms with van der Waals surface area (Å²) in [6.07, 6.45) is 2.42. The van der Waals surface area contributed by atoms with E-state index >= 15 is 0 Å². The second kappa shape index (κ2) is 11.8. The Morgan fingerprint density at radius 3 is 2.45 bits per heavy atom. The smallest absolute Gasteiger partial charge is 0.264 e. The fourth-order valence-electron chi connectivity index (χ4n) is 3.06. The maximum absolute atomic E-state index is 13.4. The number of carbonyl (C=O) groups is 1. The number of nitrogens with one attached hydrogen (secondary N) is 1. The molecule has 176 valence electrons. The number of furan rings is 1. The largest absolute Gasteiger partial charge is 0.497 e. The molecule has 0 aliphatic heterocycles. The van der Waals surface area contributed by atoms with Crippen molar-refractivity contribution in [2.24, 2.45) is 0 Å². The van der Waals surface area contributed by atoms with E-state index < -0.39 is 10.0 Å². The van der Waals surface area contributed by atoms with Gasteiger partial charge < -0.3 is 14.5 Å². The van der Waals surface area contributed by atoms with Crippen LogP contribution in [0.2, 0.25) is 0 Å². The maximum Gasteiger partial charge on any atom is 0.264 e. The third-order valence-corrected chi connectivity index (χ3v) is 7.72. The fourth-order valence-corrected chi connectivity index (χ4v) is 5.34. The molecule has 7 nitrogen and oxygen atoms in total. The van der Waals surface area contributed by atoms with Crippen LogP contribution in [0.4, 0.5) is 5.69 Å². The highest BCUT2D eigenvalue weighted by Crippen LogP contribution is 2.26. The molecular weight excluding hydrogens is 460 g/mol. The highest BCUT2D eigenvalue weighted by molar-refractivity contribution is 7.98. The number of methoxy groups -OCH3 is 1. The highest BCUT2D eigenvalue weighted by Gasteiger charge is 2.27. The number of thioether (sulfide) groups is 1. The van der Waals surface area contributed by atoms with Crippen molar-refractivity contribution in [2.45, 2.75) is 24.0 Å². The van der Waals surface area contributed by atoms with Crippen molar-refractivity contribution in [3.05, 3.63) is 78.3 Å². The lowest BCUT2D eigenvalue weighted by Crippen LogP contribution is -2.41. The summed E-state index contributed by atoms with van der Waals surface area (Å²) in [5, 5.41) is 2.83. The van der Waals surface area contributed by atoms with E-state index in [0.29, 0.717) is 18.0 Å². The molecule has 1 heterocycles. The summed E-state index contributed by atoms with van der Waals surface area (Å²) in [6.45, 7) is 2.03. The molecule has 1 N–H and O–H groups in total. The van der Waals surface area contributed by atoms with Gasteiger partial charge in [0.15, 0.2) is 0 Å². The minimum Gasteiger partial charge on any atom is -0.497 e. The SMILES string of the molecule is COc1ccc(N(CC(=O)NCCCSCc2ccco2)S(=O)(=O)c2ccc(C)cc2)cc1. The molecule has 0 fully saturated rings. The van der Waals surface area contributed by atoms with Gasteiger partial charge in [-0.15, -0.1) is 0 Å². The number of sulfonamides is 1. The van der Waals surface area contributed by atoms with Gasteiger partial charge in [-0.25, -0.2) is 8.42 Å². The molecule has 0 aliphatic carbocycles. The first-order valence-electron chi connectivity index (χ1n) is 10.5. The van der Waals surface area contributed by atoms with Gasteiger partial charge in [0.1, 0.15) is 18.1 Å². The van der Waals surface area contributed by atoms with Gasteiger partial charge in [0.05, 0.1) is 29.7 Å². The second-order valence-electron chi connectivity index (χ2n) is 7.36. The first-order valence-corrected chi connectivity index (χ1v) is 13.1. The quantitative estimate of drug-likeness (QED) is 0.384. The Kier molecular flexibility index (Phi) is 8.85. The van der Waals surface area contributed by atoms with Crippen molar-refractivity contribution in [1.82, 2.24) is 5.32 Å². The summed E-state index contributed by atoms with van der Waals surface area (Å²) in [4.78, 5) is 12.8. The summed E-state index contributed by atoms with van der Waals surface area (Å²) in [7, 11) is -2.39. The number of rotatable bonds is 12. The zero-order chi connectivity index (χ0) is 23.7. The van der Waals surface area contributed by atoms with Gasteiger partial charge in [0.25, 0.3) is 10.0 Å². The molecule has 0 unspecified atom stereocenters. The average molecular weight is 489 g/mol. The molecule has 0 saturated carbocycles. The number of benzene rings is 2. The van der Waals surface area contributed by atoms with E-state index in [9.17, 15) is 13.2 Å². The number of hydrogen-bond acceptors (Lipinski definition) is 6. The van der Waals surface area contributed by atoms with Gasteiger partial charge in [0, 0.05) is 6.54 Å². The Morgan fingerprint density at radius 1 is 1.09 bits per heavy atom. The Balaban J connectivity index is 1.63. The fraction of sp³-hybridized carbons (Fsp3) is 0.292. The number of carbonyl (C=O) groups excluding carboxylic acids is 1.